The van der Waals surface area contributed by atoms with Crippen LogP contribution in [0.3, 0.4) is 0 Å². The van der Waals surface area contributed by atoms with Crippen molar-refractivity contribution in [1.29, 1.82) is 0 Å². The molecule has 2 aromatic rings. The molecule has 0 unspecified atom stereocenters. The fourth-order valence-corrected chi connectivity index (χ4v) is 5.00. The summed E-state index contributed by atoms with van der Waals surface area (Å²) in [6.07, 6.45) is 3.36. The van der Waals surface area contributed by atoms with Gasteiger partial charge >= 0.3 is 5.97 Å². The second-order valence-corrected chi connectivity index (χ2v) is 8.19. The summed E-state index contributed by atoms with van der Waals surface area (Å²) in [5, 5.41) is 9.42. The number of H-pyrrole nitrogens is 1. The van der Waals surface area contributed by atoms with Gasteiger partial charge in [0.25, 0.3) is 5.56 Å². The van der Waals surface area contributed by atoms with E-state index in [4.69, 9.17) is 5.11 Å². The Labute approximate surface area is 152 Å². The molecule has 0 radical (unpaired) electrons. The van der Waals surface area contributed by atoms with E-state index in [1.54, 1.807) is 11.3 Å². The zero-order valence-electron chi connectivity index (χ0n) is 13.8. The first-order valence-corrected chi connectivity index (χ1v) is 9.99. The van der Waals surface area contributed by atoms with Crippen molar-refractivity contribution < 1.29 is 14.7 Å². The van der Waals surface area contributed by atoms with Gasteiger partial charge in [0.2, 0.25) is 5.91 Å². The molecule has 0 aliphatic heterocycles. The molecular formula is C16H19N3O4S2. The van der Waals surface area contributed by atoms with Crippen LogP contribution in [0.5, 0.6) is 0 Å². The Morgan fingerprint density at radius 2 is 2.20 bits per heavy atom. The van der Waals surface area contributed by atoms with Crippen molar-refractivity contribution in [3.8, 4) is 0 Å². The van der Waals surface area contributed by atoms with Crippen LogP contribution in [0.1, 0.15) is 29.1 Å². The van der Waals surface area contributed by atoms with Crippen LogP contribution in [0.25, 0.3) is 10.2 Å². The van der Waals surface area contributed by atoms with Gasteiger partial charge in [0.1, 0.15) is 17.2 Å². The number of likely N-dealkylation sites (N-methyl/N-ethyl adjacent to an activating group) is 1. The maximum absolute atomic E-state index is 12.3. The first kappa shape index (κ1) is 17.9. The first-order valence-electron chi connectivity index (χ1n) is 8.02. The highest BCUT2D eigenvalue weighted by atomic mass is 32.2. The number of thioether (sulfide) groups is 1. The van der Waals surface area contributed by atoms with Gasteiger partial charge in [-0.1, -0.05) is 0 Å². The summed E-state index contributed by atoms with van der Waals surface area (Å²) in [6.45, 7) is -0.294. The molecule has 2 heterocycles. The lowest BCUT2D eigenvalue weighted by atomic mass is 10.2. The number of carbonyl (C=O) groups excluding carboxylic acids is 1. The summed E-state index contributed by atoms with van der Waals surface area (Å²) in [6, 6.07) is 0. The summed E-state index contributed by atoms with van der Waals surface area (Å²) in [5.41, 5.74) is 1.09. The number of nitrogens with one attached hydrogen (secondary N) is 1. The van der Waals surface area contributed by atoms with Crippen LogP contribution in [0, 0.1) is 0 Å². The fourth-order valence-electron chi connectivity index (χ4n) is 2.93. The minimum absolute atomic E-state index is 0.0720. The zero-order valence-corrected chi connectivity index (χ0v) is 15.5. The van der Waals surface area contributed by atoms with Crippen molar-refractivity contribution in [3.63, 3.8) is 0 Å². The topological polar surface area (TPSA) is 103 Å². The number of aromatic amines is 1. The Bertz CT molecular complexity index is 874. The number of amides is 1. The highest BCUT2D eigenvalue weighted by molar-refractivity contribution is 7.98. The summed E-state index contributed by atoms with van der Waals surface area (Å²) in [4.78, 5) is 45.4. The fraction of sp³-hybridized carbons (Fsp3) is 0.500. The van der Waals surface area contributed by atoms with Crippen molar-refractivity contribution >= 4 is 45.2 Å². The number of hydrogen-bond acceptors (Lipinski definition) is 6. The highest BCUT2D eigenvalue weighted by Gasteiger charge is 2.21. The summed E-state index contributed by atoms with van der Waals surface area (Å²) in [5.74, 6) is 0.450. The number of aromatic nitrogens is 2. The van der Waals surface area contributed by atoms with Crippen molar-refractivity contribution in [1.82, 2.24) is 14.9 Å². The number of aryl methyl sites for hydroxylation is 2. The van der Waals surface area contributed by atoms with Gasteiger partial charge in [0, 0.05) is 24.1 Å². The number of carboxylic acid groups (broad SMARTS) is 1. The number of fused-ring (bicyclic) bond motifs is 3. The molecule has 0 atom stereocenters. The smallest absolute Gasteiger partial charge is 0.323 e. The van der Waals surface area contributed by atoms with Crippen LogP contribution < -0.4 is 5.56 Å². The van der Waals surface area contributed by atoms with E-state index in [2.05, 4.69) is 9.97 Å². The van der Waals surface area contributed by atoms with E-state index in [-0.39, 0.29) is 24.4 Å². The minimum atomic E-state index is -1.03. The van der Waals surface area contributed by atoms with E-state index in [1.165, 1.54) is 34.2 Å². The first-order chi connectivity index (χ1) is 12.0. The second kappa shape index (κ2) is 7.57. The number of carbonyl (C=O) groups is 2. The van der Waals surface area contributed by atoms with E-state index in [1.807, 2.05) is 0 Å². The molecule has 25 heavy (non-hydrogen) atoms. The summed E-state index contributed by atoms with van der Waals surface area (Å²) >= 11 is 3.11. The molecule has 0 fully saturated rings. The molecule has 0 saturated carbocycles. The quantitative estimate of drug-likeness (QED) is 0.707. The number of aliphatic carboxylic acids is 1. The third kappa shape index (κ3) is 4.04. The lowest BCUT2D eigenvalue weighted by molar-refractivity contribution is -0.143. The predicted molar refractivity (Wildman–Crippen MR) is 98.3 cm³/mol. The van der Waals surface area contributed by atoms with Crippen molar-refractivity contribution in [2.75, 3.05) is 19.3 Å². The van der Waals surface area contributed by atoms with Crippen LogP contribution in [0.4, 0.5) is 0 Å². The Morgan fingerprint density at radius 1 is 1.40 bits per heavy atom. The van der Waals surface area contributed by atoms with Crippen molar-refractivity contribution in [2.24, 2.45) is 0 Å². The number of rotatable bonds is 7. The molecule has 0 aromatic carbocycles. The van der Waals surface area contributed by atoms with Gasteiger partial charge in [-0.2, -0.15) is 11.8 Å². The number of hydrogen-bond donors (Lipinski definition) is 2. The second-order valence-electron chi connectivity index (χ2n) is 6.00. The van der Waals surface area contributed by atoms with Gasteiger partial charge < -0.3 is 15.0 Å². The lowest BCUT2D eigenvalue weighted by Gasteiger charge is -2.13. The van der Waals surface area contributed by atoms with Gasteiger partial charge in [-0.3, -0.25) is 14.4 Å². The predicted octanol–water partition coefficient (Wildman–Crippen LogP) is 1.64. The molecule has 7 nitrogen and oxygen atoms in total. The lowest BCUT2D eigenvalue weighted by Crippen LogP contribution is -2.32. The molecule has 134 valence electrons. The largest absolute Gasteiger partial charge is 0.480 e. The van der Waals surface area contributed by atoms with Gasteiger partial charge in [-0.15, -0.1) is 11.3 Å². The van der Waals surface area contributed by atoms with E-state index in [9.17, 15) is 14.4 Å². The normalized spacial score (nSPS) is 13.2. The van der Waals surface area contributed by atoms with Crippen molar-refractivity contribution in [3.05, 3.63) is 26.6 Å². The highest BCUT2D eigenvalue weighted by Crippen LogP contribution is 2.34. The monoisotopic (exact) mass is 381 g/mol. The number of nitrogens with zero attached hydrogens (tertiary/aromatic N) is 2. The Morgan fingerprint density at radius 3 is 2.96 bits per heavy atom. The molecule has 1 amide bonds. The van der Waals surface area contributed by atoms with Crippen LogP contribution in [0.2, 0.25) is 0 Å². The molecule has 1 aliphatic carbocycles. The molecule has 9 heteroatoms. The Hall–Kier alpha value is -1.87. The van der Waals surface area contributed by atoms with Crippen LogP contribution >= 0.6 is 23.1 Å². The summed E-state index contributed by atoms with van der Waals surface area (Å²) < 4.78 is 0. The maximum atomic E-state index is 12.3. The van der Waals surface area contributed by atoms with E-state index >= 15 is 0 Å². The van der Waals surface area contributed by atoms with E-state index in [0.29, 0.717) is 17.3 Å². The SMILES string of the molecule is CN(CC(=O)O)C(=O)CCSCc1nc2sc3c(c2c(=O)[nH]1)CCC3. The molecular weight excluding hydrogens is 362 g/mol. The summed E-state index contributed by atoms with van der Waals surface area (Å²) in [7, 11) is 1.48. The average Bonchev–Trinajstić information content (AvgIpc) is 3.10. The van der Waals surface area contributed by atoms with Gasteiger partial charge in [-0.05, 0) is 24.8 Å². The third-order valence-corrected chi connectivity index (χ3v) is 6.28. The molecule has 2 aromatic heterocycles. The maximum Gasteiger partial charge on any atom is 0.323 e. The van der Waals surface area contributed by atoms with Gasteiger partial charge in [0.15, 0.2) is 0 Å². The van der Waals surface area contributed by atoms with E-state index < -0.39 is 5.97 Å². The molecule has 0 saturated heterocycles. The molecule has 2 N–H and O–H groups in total. The van der Waals surface area contributed by atoms with Crippen LogP contribution in [-0.4, -0.2) is 51.2 Å². The Balaban J connectivity index is 1.56. The Kier molecular flexibility index (Phi) is 5.43. The number of carboxylic acids is 1. The van der Waals surface area contributed by atoms with E-state index in [0.717, 1.165) is 29.5 Å². The van der Waals surface area contributed by atoms with Gasteiger partial charge in [-0.25, -0.2) is 4.98 Å². The average molecular weight is 381 g/mol. The molecule has 1 aliphatic rings. The third-order valence-electron chi connectivity index (χ3n) is 4.12. The van der Waals surface area contributed by atoms with Crippen LogP contribution in [-0.2, 0) is 28.2 Å². The molecule has 3 rings (SSSR count). The minimum Gasteiger partial charge on any atom is -0.480 e. The molecule has 0 bridgehead atoms. The zero-order chi connectivity index (χ0) is 18.0. The van der Waals surface area contributed by atoms with Crippen molar-refractivity contribution in [2.45, 2.75) is 31.4 Å². The van der Waals surface area contributed by atoms with Gasteiger partial charge in [0.05, 0.1) is 11.1 Å². The molecule has 0 spiro atoms. The standard InChI is InChI=1S/C16H19N3O4S2/c1-19(7-13(21)22)12(20)5-6-24-8-11-17-15(23)14-9-3-2-4-10(9)25-16(14)18-11/h2-8H2,1H3,(H,21,22)(H,17,18,23). The van der Waals surface area contributed by atoms with Crippen LogP contribution in [0.15, 0.2) is 4.79 Å². The number of thiophene rings is 1.